The maximum absolute atomic E-state index is 11.2. The summed E-state index contributed by atoms with van der Waals surface area (Å²) in [6.45, 7) is 9.71. The molecule has 0 saturated heterocycles. The van der Waals surface area contributed by atoms with E-state index in [0.29, 0.717) is 6.04 Å². The van der Waals surface area contributed by atoms with E-state index < -0.39 is 0 Å². The molecule has 0 fully saturated rings. The molecule has 1 rings (SSSR count). The Kier molecular flexibility index (Phi) is 6.69. The van der Waals surface area contributed by atoms with Crippen molar-refractivity contribution < 1.29 is 4.79 Å². The van der Waals surface area contributed by atoms with Gasteiger partial charge in [-0.05, 0) is 39.3 Å². The molecule has 0 spiro atoms. The molecule has 1 amide bonds. The molecule has 4 nitrogen and oxygen atoms in total. The Balaban J connectivity index is 2.30. The molecule has 0 aliphatic heterocycles. The molecule has 0 aromatic heterocycles. The van der Waals surface area contributed by atoms with E-state index in [1.54, 1.807) is 6.92 Å². The van der Waals surface area contributed by atoms with Crippen molar-refractivity contribution >= 4 is 11.6 Å². The van der Waals surface area contributed by atoms with Gasteiger partial charge < -0.3 is 15.5 Å². The predicted octanol–water partition coefficient (Wildman–Crippen LogP) is 2.41. The molecule has 1 aromatic carbocycles. The summed E-state index contributed by atoms with van der Waals surface area (Å²) in [5, 5.41) is 6.51. The third kappa shape index (κ3) is 7.14. The second-order valence-electron chi connectivity index (χ2n) is 6.38. The second-order valence-corrected chi connectivity index (χ2v) is 6.38. The van der Waals surface area contributed by atoms with Gasteiger partial charge in [0.25, 0.3) is 0 Å². The lowest BCUT2D eigenvalue weighted by atomic mass is 9.96. The number of amides is 1. The third-order valence-electron chi connectivity index (χ3n) is 3.47. The number of nitrogens with zero attached hydrogens (tertiary/aromatic N) is 1. The largest absolute Gasteiger partial charge is 0.373 e. The van der Waals surface area contributed by atoms with E-state index in [1.807, 2.05) is 6.07 Å². The lowest BCUT2D eigenvalue weighted by Crippen LogP contribution is -2.47. The predicted molar refractivity (Wildman–Crippen MR) is 89.7 cm³/mol. The Labute approximate surface area is 128 Å². The minimum atomic E-state index is -0.177. The van der Waals surface area contributed by atoms with Crippen LogP contribution >= 0.6 is 0 Å². The van der Waals surface area contributed by atoms with Gasteiger partial charge in [-0.25, -0.2) is 0 Å². The summed E-state index contributed by atoms with van der Waals surface area (Å²) in [5.41, 5.74) is 1.05. The van der Waals surface area contributed by atoms with Crippen LogP contribution in [0.15, 0.2) is 30.3 Å². The average Bonchev–Trinajstić information content (AvgIpc) is 2.37. The number of nitrogens with one attached hydrogen (secondary N) is 2. The van der Waals surface area contributed by atoms with Gasteiger partial charge in [-0.2, -0.15) is 0 Å². The first-order valence-electron chi connectivity index (χ1n) is 7.58. The van der Waals surface area contributed by atoms with Crippen LogP contribution in [0.1, 0.15) is 34.1 Å². The van der Waals surface area contributed by atoms with E-state index in [-0.39, 0.29) is 11.4 Å². The van der Waals surface area contributed by atoms with Gasteiger partial charge in [0.15, 0.2) is 0 Å². The van der Waals surface area contributed by atoms with Crippen LogP contribution in [0.5, 0.6) is 0 Å². The highest BCUT2D eigenvalue weighted by Crippen LogP contribution is 2.12. The molecule has 1 atom stereocenters. The lowest BCUT2D eigenvalue weighted by molar-refractivity contribution is -0.120. The number of hydrogen-bond acceptors (Lipinski definition) is 3. The van der Waals surface area contributed by atoms with Gasteiger partial charge in [0.1, 0.15) is 0 Å². The van der Waals surface area contributed by atoms with Gasteiger partial charge >= 0.3 is 0 Å². The molecule has 0 saturated carbocycles. The minimum Gasteiger partial charge on any atom is -0.373 e. The van der Waals surface area contributed by atoms with Crippen molar-refractivity contribution in [2.75, 3.05) is 25.0 Å². The first kappa shape index (κ1) is 17.5. The monoisotopic (exact) mass is 291 g/mol. The molecule has 118 valence electrons. The summed E-state index contributed by atoms with van der Waals surface area (Å²) in [6.07, 6.45) is 0.904. The standard InChI is InChI=1S/C17H29N3O/c1-14(13-17(3,4)19-15(2)21)18-11-12-20(5)16-9-7-6-8-10-16/h6-10,14,18H,11-13H2,1-5H3,(H,19,21). The van der Waals surface area contributed by atoms with Crippen LogP contribution < -0.4 is 15.5 Å². The van der Waals surface area contributed by atoms with Gasteiger partial charge in [-0.15, -0.1) is 0 Å². The van der Waals surface area contributed by atoms with Gasteiger partial charge in [-0.1, -0.05) is 18.2 Å². The molecule has 0 bridgehead atoms. The van der Waals surface area contributed by atoms with Crippen LogP contribution in [0.25, 0.3) is 0 Å². The van der Waals surface area contributed by atoms with Crippen LogP contribution in [0.4, 0.5) is 5.69 Å². The number of likely N-dealkylation sites (N-methyl/N-ethyl adjacent to an activating group) is 1. The summed E-state index contributed by atoms with van der Waals surface area (Å²) >= 11 is 0. The van der Waals surface area contributed by atoms with E-state index in [2.05, 4.69) is 67.6 Å². The number of para-hydroxylation sites is 1. The van der Waals surface area contributed by atoms with Crippen LogP contribution in [-0.2, 0) is 4.79 Å². The number of rotatable bonds is 8. The van der Waals surface area contributed by atoms with Gasteiger partial charge in [0, 0.05) is 44.3 Å². The van der Waals surface area contributed by atoms with Crippen LogP contribution in [0.2, 0.25) is 0 Å². The quantitative estimate of drug-likeness (QED) is 0.773. The van der Waals surface area contributed by atoms with E-state index >= 15 is 0 Å². The molecule has 0 heterocycles. The zero-order valence-electron chi connectivity index (χ0n) is 13.9. The Morgan fingerprint density at radius 2 is 1.90 bits per heavy atom. The average molecular weight is 291 g/mol. The molecule has 0 aliphatic carbocycles. The van der Waals surface area contributed by atoms with Gasteiger partial charge in [-0.3, -0.25) is 4.79 Å². The first-order valence-corrected chi connectivity index (χ1v) is 7.58. The van der Waals surface area contributed by atoms with E-state index in [4.69, 9.17) is 0 Å². The number of anilines is 1. The van der Waals surface area contributed by atoms with Crippen LogP contribution in [-0.4, -0.2) is 37.6 Å². The van der Waals surface area contributed by atoms with Crippen molar-refractivity contribution in [3.8, 4) is 0 Å². The number of carbonyl (C=O) groups is 1. The number of hydrogen-bond donors (Lipinski definition) is 2. The van der Waals surface area contributed by atoms with Crippen LogP contribution in [0, 0.1) is 0 Å². The van der Waals surface area contributed by atoms with Crippen molar-refractivity contribution in [1.29, 1.82) is 0 Å². The maximum atomic E-state index is 11.2. The van der Waals surface area contributed by atoms with Crippen molar-refractivity contribution in [3.05, 3.63) is 30.3 Å². The molecule has 0 aliphatic rings. The zero-order valence-corrected chi connectivity index (χ0v) is 13.9. The minimum absolute atomic E-state index is 0.0241. The molecule has 4 heteroatoms. The molecule has 21 heavy (non-hydrogen) atoms. The maximum Gasteiger partial charge on any atom is 0.217 e. The molecular formula is C17H29N3O. The first-order chi connectivity index (χ1) is 9.80. The number of carbonyl (C=O) groups excluding carboxylic acids is 1. The fourth-order valence-electron chi connectivity index (χ4n) is 2.66. The van der Waals surface area contributed by atoms with E-state index in [0.717, 1.165) is 19.5 Å². The smallest absolute Gasteiger partial charge is 0.217 e. The zero-order chi connectivity index (χ0) is 15.9. The fraction of sp³-hybridized carbons (Fsp3) is 0.588. The summed E-state index contributed by atoms with van der Waals surface area (Å²) < 4.78 is 0. The van der Waals surface area contributed by atoms with Crippen molar-refractivity contribution in [2.24, 2.45) is 0 Å². The fourth-order valence-corrected chi connectivity index (χ4v) is 2.66. The Bertz CT molecular complexity index is 431. The summed E-state index contributed by atoms with van der Waals surface area (Å²) in [4.78, 5) is 13.4. The molecule has 1 unspecified atom stereocenters. The van der Waals surface area contributed by atoms with Crippen molar-refractivity contribution in [2.45, 2.75) is 45.7 Å². The topological polar surface area (TPSA) is 44.4 Å². The Hall–Kier alpha value is -1.55. The van der Waals surface area contributed by atoms with Crippen molar-refractivity contribution in [1.82, 2.24) is 10.6 Å². The summed E-state index contributed by atoms with van der Waals surface area (Å²) in [7, 11) is 2.10. The van der Waals surface area contributed by atoms with E-state index in [9.17, 15) is 4.79 Å². The molecule has 1 aromatic rings. The van der Waals surface area contributed by atoms with Crippen LogP contribution in [0.3, 0.4) is 0 Å². The van der Waals surface area contributed by atoms with Gasteiger partial charge in [0.05, 0.1) is 0 Å². The normalized spacial score (nSPS) is 12.8. The molecule has 0 radical (unpaired) electrons. The molecule has 2 N–H and O–H groups in total. The SMILES string of the molecule is CC(=O)NC(C)(C)CC(C)NCCN(C)c1ccccc1. The second kappa shape index (κ2) is 8.03. The third-order valence-corrected chi connectivity index (χ3v) is 3.47. The van der Waals surface area contributed by atoms with E-state index in [1.165, 1.54) is 5.69 Å². The summed E-state index contributed by atoms with van der Waals surface area (Å²) in [6, 6.07) is 10.7. The van der Waals surface area contributed by atoms with Gasteiger partial charge in [0.2, 0.25) is 5.91 Å². The Morgan fingerprint density at radius 3 is 2.48 bits per heavy atom. The highest BCUT2D eigenvalue weighted by atomic mass is 16.1. The highest BCUT2D eigenvalue weighted by molar-refractivity contribution is 5.73. The summed E-state index contributed by atoms with van der Waals surface area (Å²) in [5.74, 6) is 0.0241. The van der Waals surface area contributed by atoms with Crippen molar-refractivity contribution in [3.63, 3.8) is 0 Å². The number of benzene rings is 1. The molecular weight excluding hydrogens is 262 g/mol. The highest BCUT2D eigenvalue weighted by Gasteiger charge is 2.21. The lowest BCUT2D eigenvalue weighted by Gasteiger charge is -2.30. The Morgan fingerprint density at radius 1 is 1.29 bits per heavy atom.